The van der Waals surface area contributed by atoms with E-state index in [2.05, 4.69) is 11.8 Å². The van der Waals surface area contributed by atoms with E-state index in [4.69, 9.17) is 15.9 Å². The van der Waals surface area contributed by atoms with Crippen LogP contribution in [-0.4, -0.2) is 42.1 Å². The molecule has 1 saturated heterocycles. The van der Waals surface area contributed by atoms with E-state index < -0.39 is 0 Å². The number of nitrogens with one attached hydrogen (secondary N) is 1. The molecule has 0 aromatic heterocycles. The maximum absolute atomic E-state index is 7.50. The molecule has 4 nitrogen and oxygen atoms in total. The van der Waals surface area contributed by atoms with Crippen molar-refractivity contribution in [2.75, 3.05) is 19.6 Å². The molecule has 2 atom stereocenters. The Balaban J connectivity index is 1.81. The summed E-state index contributed by atoms with van der Waals surface area (Å²) in [6.45, 7) is 7.07. The number of hydrogen-bond donors (Lipinski definition) is 2. The van der Waals surface area contributed by atoms with Crippen LogP contribution in [0.1, 0.15) is 52.4 Å². The van der Waals surface area contributed by atoms with Crippen molar-refractivity contribution in [2.24, 2.45) is 11.7 Å². The fourth-order valence-electron chi connectivity index (χ4n) is 3.52. The third-order valence-electron chi connectivity index (χ3n) is 4.83. The normalized spacial score (nSPS) is 27.2. The molecule has 3 N–H and O–H groups in total. The molecule has 0 amide bonds. The third kappa shape index (κ3) is 3.69. The van der Waals surface area contributed by atoms with Gasteiger partial charge in [-0.2, -0.15) is 0 Å². The molecule has 2 unspecified atom stereocenters. The summed E-state index contributed by atoms with van der Waals surface area (Å²) < 4.78 is 6.36. The number of nitrogens with zero attached hydrogens (tertiary/aromatic N) is 1. The van der Waals surface area contributed by atoms with Gasteiger partial charge in [-0.15, -0.1) is 0 Å². The quantitative estimate of drug-likeness (QED) is 0.573. The number of nitrogens with two attached hydrogens (primary N) is 1. The van der Waals surface area contributed by atoms with E-state index in [0.717, 1.165) is 19.6 Å². The van der Waals surface area contributed by atoms with Crippen molar-refractivity contribution in [3.05, 3.63) is 0 Å². The number of amidine groups is 1. The highest BCUT2D eigenvalue weighted by atomic mass is 16.5. The van der Waals surface area contributed by atoms with Gasteiger partial charge in [0.05, 0.1) is 17.5 Å². The first-order chi connectivity index (χ1) is 9.04. The van der Waals surface area contributed by atoms with Crippen molar-refractivity contribution in [1.82, 2.24) is 4.90 Å². The van der Waals surface area contributed by atoms with Crippen LogP contribution < -0.4 is 5.73 Å². The summed E-state index contributed by atoms with van der Waals surface area (Å²) in [5.74, 6) is 0.430. The van der Waals surface area contributed by atoms with Crippen LogP contribution in [-0.2, 0) is 4.74 Å². The van der Waals surface area contributed by atoms with Gasteiger partial charge in [-0.1, -0.05) is 26.7 Å². The molecule has 2 aliphatic rings. The van der Waals surface area contributed by atoms with Gasteiger partial charge >= 0.3 is 0 Å². The van der Waals surface area contributed by atoms with Gasteiger partial charge in [0, 0.05) is 19.0 Å². The fourth-order valence-corrected chi connectivity index (χ4v) is 3.52. The van der Waals surface area contributed by atoms with Crippen molar-refractivity contribution in [3.63, 3.8) is 0 Å². The summed E-state index contributed by atoms with van der Waals surface area (Å²) in [6.07, 6.45) is 8.04. The first-order valence-electron chi connectivity index (χ1n) is 7.79. The average molecular weight is 267 g/mol. The molecule has 1 aliphatic carbocycles. The van der Waals surface area contributed by atoms with E-state index in [9.17, 15) is 0 Å². The molecule has 1 saturated carbocycles. The van der Waals surface area contributed by atoms with E-state index in [-0.39, 0.29) is 17.4 Å². The Bertz CT molecular complexity index is 313. The molecule has 1 heterocycles. The van der Waals surface area contributed by atoms with E-state index in [0.29, 0.717) is 6.10 Å². The first kappa shape index (κ1) is 14.8. The van der Waals surface area contributed by atoms with Crippen molar-refractivity contribution in [3.8, 4) is 0 Å². The SMILES string of the molecule is CCN(CC1CCC2(CCCC2)O1)CC(C)C(=N)N. The van der Waals surface area contributed by atoms with Crippen LogP contribution in [0.15, 0.2) is 0 Å². The second-order valence-corrected chi connectivity index (χ2v) is 6.38. The van der Waals surface area contributed by atoms with Gasteiger partial charge in [0.1, 0.15) is 0 Å². The minimum absolute atomic E-state index is 0.141. The van der Waals surface area contributed by atoms with Crippen LogP contribution >= 0.6 is 0 Å². The first-order valence-corrected chi connectivity index (χ1v) is 7.79. The lowest BCUT2D eigenvalue weighted by Crippen LogP contribution is -2.39. The number of likely N-dealkylation sites (N-methyl/N-ethyl adjacent to an activating group) is 1. The van der Waals surface area contributed by atoms with Gasteiger partial charge in [0.25, 0.3) is 0 Å². The monoisotopic (exact) mass is 267 g/mol. The van der Waals surface area contributed by atoms with Crippen LogP contribution in [0.3, 0.4) is 0 Å². The molecular weight excluding hydrogens is 238 g/mol. The van der Waals surface area contributed by atoms with Crippen LogP contribution in [0.4, 0.5) is 0 Å². The lowest BCUT2D eigenvalue weighted by Gasteiger charge is -2.29. The molecule has 4 heteroatoms. The highest BCUT2D eigenvalue weighted by Crippen LogP contribution is 2.43. The molecule has 0 bridgehead atoms. The predicted octanol–water partition coefficient (Wildman–Crippen LogP) is 2.37. The van der Waals surface area contributed by atoms with Gasteiger partial charge in [-0.05, 0) is 32.2 Å². The van der Waals surface area contributed by atoms with Crippen LogP contribution in [0, 0.1) is 11.3 Å². The summed E-state index contributed by atoms with van der Waals surface area (Å²) in [5.41, 5.74) is 5.80. The van der Waals surface area contributed by atoms with Crippen LogP contribution in [0.2, 0.25) is 0 Å². The molecule has 19 heavy (non-hydrogen) atoms. The van der Waals surface area contributed by atoms with E-state index in [1.807, 2.05) is 6.92 Å². The molecule has 0 radical (unpaired) electrons. The Hall–Kier alpha value is -0.610. The van der Waals surface area contributed by atoms with E-state index in [1.165, 1.54) is 38.5 Å². The number of hydrogen-bond acceptors (Lipinski definition) is 3. The smallest absolute Gasteiger partial charge is 0.0947 e. The highest BCUT2D eigenvalue weighted by Gasteiger charge is 2.42. The van der Waals surface area contributed by atoms with Gasteiger partial charge in [0.15, 0.2) is 0 Å². The lowest BCUT2D eigenvalue weighted by molar-refractivity contribution is -0.0473. The highest BCUT2D eigenvalue weighted by molar-refractivity contribution is 5.79. The molecule has 110 valence electrons. The summed E-state index contributed by atoms with van der Waals surface area (Å²) >= 11 is 0. The zero-order valence-corrected chi connectivity index (χ0v) is 12.5. The minimum Gasteiger partial charge on any atom is -0.387 e. The molecule has 1 spiro atoms. The molecule has 0 aromatic carbocycles. The summed E-state index contributed by atoms with van der Waals surface area (Å²) in [6, 6.07) is 0. The molecule has 2 rings (SSSR count). The second-order valence-electron chi connectivity index (χ2n) is 6.38. The Morgan fingerprint density at radius 1 is 1.42 bits per heavy atom. The Morgan fingerprint density at radius 3 is 2.68 bits per heavy atom. The maximum atomic E-state index is 7.50. The van der Waals surface area contributed by atoms with Crippen molar-refractivity contribution in [2.45, 2.75) is 64.1 Å². The number of rotatable bonds is 6. The van der Waals surface area contributed by atoms with Crippen molar-refractivity contribution < 1.29 is 4.74 Å². The lowest BCUT2D eigenvalue weighted by atomic mass is 9.98. The Labute approximate surface area is 117 Å². The maximum Gasteiger partial charge on any atom is 0.0947 e. The van der Waals surface area contributed by atoms with Crippen LogP contribution in [0.5, 0.6) is 0 Å². The van der Waals surface area contributed by atoms with Gasteiger partial charge in [-0.25, -0.2) is 0 Å². The molecule has 2 fully saturated rings. The zero-order chi connectivity index (χ0) is 13.9. The van der Waals surface area contributed by atoms with Gasteiger partial charge in [-0.3, -0.25) is 5.41 Å². The van der Waals surface area contributed by atoms with Crippen molar-refractivity contribution >= 4 is 5.84 Å². The van der Waals surface area contributed by atoms with Crippen molar-refractivity contribution in [1.29, 1.82) is 5.41 Å². The molecule has 1 aliphatic heterocycles. The number of ether oxygens (including phenoxy) is 1. The summed E-state index contributed by atoms with van der Waals surface area (Å²) in [4.78, 5) is 2.38. The fraction of sp³-hybridized carbons (Fsp3) is 0.933. The van der Waals surface area contributed by atoms with Crippen LogP contribution in [0.25, 0.3) is 0 Å². The summed E-state index contributed by atoms with van der Waals surface area (Å²) in [5, 5.41) is 7.50. The Kier molecular flexibility index (Phi) is 4.85. The minimum atomic E-state index is 0.141. The van der Waals surface area contributed by atoms with E-state index in [1.54, 1.807) is 0 Å². The largest absolute Gasteiger partial charge is 0.387 e. The molecular formula is C15H29N3O. The Morgan fingerprint density at radius 2 is 2.11 bits per heavy atom. The average Bonchev–Trinajstić information content (AvgIpc) is 2.99. The second kappa shape index (κ2) is 6.23. The topological polar surface area (TPSA) is 62.3 Å². The van der Waals surface area contributed by atoms with Gasteiger partial charge in [0.2, 0.25) is 0 Å². The predicted molar refractivity (Wildman–Crippen MR) is 78.5 cm³/mol. The standard InChI is InChI=1S/C15H29N3O/c1-3-18(10-12(2)14(16)17)11-13-6-9-15(19-13)7-4-5-8-15/h12-13H,3-11H2,1-2H3,(H3,16,17). The zero-order valence-electron chi connectivity index (χ0n) is 12.5. The molecule has 0 aromatic rings. The van der Waals surface area contributed by atoms with Gasteiger partial charge < -0.3 is 15.4 Å². The third-order valence-corrected chi connectivity index (χ3v) is 4.83. The van der Waals surface area contributed by atoms with E-state index >= 15 is 0 Å². The summed E-state index contributed by atoms with van der Waals surface area (Å²) in [7, 11) is 0.